The Morgan fingerprint density at radius 3 is 2.88 bits per heavy atom. The van der Waals surface area contributed by atoms with Gasteiger partial charge in [0, 0.05) is 32.1 Å². The van der Waals surface area contributed by atoms with Gasteiger partial charge in [-0.25, -0.2) is 0 Å². The molecule has 1 unspecified atom stereocenters. The number of morpholine rings is 1. The van der Waals surface area contributed by atoms with Crippen LogP contribution in [0.15, 0.2) is 28.7 Å². The summed E-state index contributed by atoms with van der Waals surface area (Å²) in [5, 5.41) is 7.97. The Kier molecular flexibility index (Phi) is 5.48. The van der Waals surface area contributed by atoms with Crippen LogP contribution in [0, 0.1) is 12.8 Å². The summed E-state index contributed by atoms with van der Waals surface area (Å²) in [7, 11) is 0. The summed E-state index contributed by atoms with van der Waals surface area (Å²) in [6.45, 7) is 9.91. The summed E-state index contributed by atoms with van der Waals surface area (Å²) in [6.07, 6.45) is -0.163. The molecule has 1 aliphatic heterocycles. The second-order valence-corrected chi connectivity index (χ2v) is 6.57. The molecule has 24 heavy (non-hydrogen) atoms. The highest BCUT2D eigenvalue weighted by atomic mass is 16.5. The van der Waals surface area contributed by atoms with E-state index in [1.54, 1.807) is 6.92 Å². The van der Waals surface area contributed by atoms with Crippen LogP contribution in [-0.2, 0) is 11.3 Å². The van der Waals surface area contributed by atoms with Crippen molar-refractivity contribution < 1.29 is 13.9 Å². The number of para-hydroxylation sites is 1. The van der Waals surface area contributed by atoms with Crippen molar-refractivity contribution in [3.05, 3.63) is 41.6 Å². The highest BCUT2D eigenvalue weighted by molar-refractivity contribution is 5.33. The smallest absolute Gasteiger partial charge is 0.246 e. The maximum absolute atomic E-state index is 5.96. The normalized spacial score (nSPS) is 18.9. The van der Waals surface area contributed by atoms with Crippen molar-refractivity contribution in [3.63, 3.8) is 0 Å². The molecule has 0 aliphatic carbocycles. The monoisotopic (exact) mass is 331 g/mol. The van der Waals surface area contributed by atoms with E-state index in [2.05, 4.69) is 41.1 Å². The standard InChI is InChI=1S/C18H25N3O3/c1-13(2)12-23-16-7-5-4-6-15(16)10-21-8-9-22-17(11-21)18-20-19-14(3)24-18/h4-7,13,17H,8-12H2,1-3H3. The summed E-state index contributed by atoms with van der Waals surface area (Å²) in [5.74, 6) is 2.59. The van der Waals surface area contributed by atoms with Crippen molar-refractivity contribution >= 4 is 0 Å². The third-order valence-corrected chi connectivity index (χ3v) is 3.91. The van der Waals surface area contributed by atoms with Gasteiger partial charge in [-0.15, -0.1) is 10.2 Å². The topological polar surface area (TPSA) is 60.6 Å². The van der Waals surface area contributed by atoms with Gasteiger partial charge in [0.15, 0.2) is 0 Å². The van der Waals surface area contributed by atoms with Gasteiger partial charge >= 0.3 is 0 Å². The first-order valence-electron chi connectivity index (χ1n) is 8.46. The molecule has 1 aromatic carbocycles. The van der Waals surface area contributed by atoms with Crippen molar-refractivity contribution in [1.82, 2.24) is 15.1 Å². The van der Waals surface area contributed by atoms with Gasteiger partial charge in [-0.2, -0.15) is 0 Å². The lowest BCUT2D eigenvalue weighted by molar-refractivity contribution is -0.0459. The molecule has 1 saturated heterocycles. The average Bonchev–Trinajstić information content (AvgIpc) is 3.01. The molecule has 1 aliphatic rings. The summed E-state index contributed by atoms with van der Waals surface area (Å²) < 4.78 is 17.3. The van der Waals surface area contributed by atoms with Crippen LogP contribution in [0.1, 0.15) is 37.3 Å². The van der Waals surface area contributed by atoms with Gasteiger partial charge in [0.2, 0.25) is 11.8 Å². The fourth-order valence-corrected chi connectivity index (χ4v) is 2.71. The van der Waals surface area contributed by atoms with Gasteiger partial charge in [-0.05, 0) is 12.0 Å². The molecular weight excluding hydrogens is 306 g/mol. The number of aryl methyl sites for hydroxylation is 1. The van der Waals surface area contributed by atoms with Gasteiger partial charge in [-0.3, -0.25) is 4.90 Å². The Labute approximate surface area is 142 Å². The predicted molar refractivity (Wildman–Crippen MR) is 89.8 cm³/mol. The molecule has 1 aromatic heterocycles. The molecule has 1 atom stereocenters. The number of ether oxygens (including phenoxy) is 2. The molecule has 0 amide bonds. The number of nitrogens with zero attached hydrogens (tertiary/aromatic N) is 3. The fraction of sp³-hybridized carbons (Fsp3) is 0.556. The van der Waals surface area contributed by atoms with Crippen LogP contribution in [0.25, 0.3) is 0 Å². The van der Waals surface area contributed by atoms with Crippen LogP contribution in [0.5, 0.6) is 5.75 Å². The molecule has 6 heteroatoms. The van der Waals surface area contributed by atoms with E-state index in [-0.39, 0.29) is 6.10 Å². The zero-order valence-corrected chi connectivity index (χ0v) is 14.6. The van der Waals surface area contributed by atoms with Crippen LogP contribution < -0.4 is 4.74 Å². The van der Waals surface area contributed by atoms with E-state index >= 15 is 0 Å². The molecule has 0 N–H and O–H groups in total. The van der Waals surface area contributed by atoms with E-state index < -0.39 is 0 Å². The van der Waals surface area contributed by atoms with Crippen LogP contribution in [0.3, 0.4) is 0 Å². The maximum Gasteiger partial charge on any atom is 0.246 e. The molecule has 3 rings (SSSR count). The van der Waals surface area contributed by atoms with Gasteiger partial charge in [-0.1, -0.05) is 32.0 Å². The highest BCUT2D eigenvalue weighted by Crippen LogP contribution is 2.25. The van der Waals surface area contributed by atoms with Crippen molar-refractivity contribution in [3.8, 4) is 5.75 Å². The van der Waals surface area contributed by atoms with E-state index in [0.717, 1.165) is 32.0 Å². The summed E-state index contributed by atoms with van der Waals surface area (Å²) >= 11 is 0. The predicted octanol–water partition coefficient (Wildman–Crippen LogP) is 2.99. The number of benzene rings is 1. The minimum absolute atomic E-state index is 0.163. The molecule has 1 fully saturated rings. The van der Waals surface area contributed by atoms with Crippen molar-refractivity contribution in [1.29, 1.82) is 0 Å². The quantitative estimate of drug-likeness (QED) is 0.811. The van der Waals surface area contributed by atoms with Crippen LogP contribution >= 0.6 is 0 Å². The van der Waals surface area contributed by atoms with Crippen molar-refractivity contribution in [2.24, 2.45) is 5.92 Å². The Bertz CT molecular complexity index is 656. The molecule has 0 bridgehead atoms. The second-order valence-electron chi connectivity index (χ2n) is 6.57. The van der Waals surface area contributed by atoms with Crippen LogP contribution in [0.2, 0.25) is 0 Å². The van der Waals surface area contributed by atoms with Gasteiger partial charge in [0.1, 0.15) is 11.9 Å². The molecule has 2 aromatic rings. The lowest BCUT2D eigenvalue weighted by Crippen LogP contribution is -2.38. The zero-order chi connectivity index (χ0) is 16.9. The third kappa shape index (κ3) is 4.33. The molecule has 0 spiro atoms. The SMILES string of the molecule is Cc1nnc(C2CN(Cc3ccccc3OCC(C)C)CCO2)o1. The molecule has 130 valence electrons. The third-order valence-electron chi connectivity index (χ3n) is 3.91. The molecule has 0 radical (unpaired) electrons. The van der Waals surface area contributed by atoms with Crippen molar-refractivity contribution in [2.75, 3.05) is 26.3 Å². The molecule has 0 saturated carbocycles. The lowest BCUT2D eigenvalue weighted by atomic mass is 10.1. The van der Waals surface area contributed by atoms with E-state index in [1.807, 2.05) is 12.1 Å². The lowest BCUT2D eigenvalue weighted by Gasteiger charge is -2.31. The van der Waals surface area contributed by atoms with E-state index in [9.17, 15) is 0 Å². The minimum Gasteiger partial charge on any atom is -0.493 e. The first-order valence-corrected chi connectivity index (χ1v) is 8.46. The van der Waals surface area contributed by atoms with E-state index in [0.29, 0.717) is 24.3 Å². The highest BCUT2D eigenvalue weighted by Gasteiger charge is 2.26. The number of aromatic nitrogens is 2. The summed E-state index contributed by atoms with van der Waals surface area (Å²) in [6, 6.07) is 8.23. The minimum atomic E-state index is -0.163. The second kappa shape index (κ2) is 7.77. The van der Waals surface area contributed by atoms with Gasteiger partial charge < -0.3 is 13.9 Å². The van der Waals surface area contributed by atoms with Gasteiger partial charge in [0.25, 0.3) is 0 Å². The number of hydrogen-bond donors (Lipinski definition) is 0. The molecular formula is C18H25N3O3. The molecule has 2 heterocycles. The summed E-state index contributed by atoms with van der Waals surface area (Å²) in [5.41, 5.74) is 1.19. The first-order chi connectivity index (χ1) is 11.6. The Balaban J connectivity index is 1.65. The maximum atomic E-state index is 5.96. The van der Waals surface area contributed by atoms with E-state index in [1.165, 1.54) is 5.56 Å². The first kappa shape index (κ1) is 16.9. The zero-order valence-electron chi connectivity index (χ0n) is 14.6. The van der Waals surface area contributed by atoms with E-state index in [4.69, 9.17) is 13.9 Å². The van der Waals surface area contributed by atoms with Crippen molar-refractivity contribution in [2.45, 2.75) is 33.4 Å². The Morgan fingerprint density at radius 2 is 2.12 bits per heavy atom. The fourth-order valence-electron chi connectivity index (χ4n) is 2.71. The summed E-state index contributed by atoms with van der Waals surface area (Å²) in [4.78, 5) is 2.34. The molecule has 6 nitrogen and oxygen atoms in total. The Hall–Kier alpha value is -1.92. The average molecular weight is 331 g/mol. The van der Waals surface area contributed by atoms with Gasteiger partial charge in [0.05, 0.1) is 13.2 Å². The number of hydrogen-bond acceptors (Lipinski definition) is 6. The Morgan fingerprint density at radius 1 is 1.29 bits per heavy atom. The number of rotatable bonds is 6. The largest absolute Gasteiger partial charge is 0.493 e. The van der Waals surface area contributed by atoms with Crippen LogP contribution in [0.4, 0.5) is 0 Å². The van der Waals surface area contributed by atoms with Crippen LogP contribution in [-0.4, -0.2) is 41.4 Å².